The summed E-state index contributed by atoms with van der Waals surface area (Å²) in [7, 11) is 0. The normalized spacial score (nSPS) is 11.8. The van der Waals surface area contributed by atoms with Gasteiger partial charge in [0.05, 0.1) is 5.56 Å². The van der Waals surface area contributed by atoms with Crippen molar-refractivity contribution in [2.24, 2.45) is 5.73 Å². The van der Waals surface area contributed by atoms with E-state index in [-0.39, 0.29) is 11.9 Å². The fourth-order valence-electron chi connectivity index (χ4n) is 2.03. The molecule has 0 fully saturated rings. The Balaban J connectivity index is 1.99. The van der Waals surface area contributed by atoms with Gasteiger partial charge in [-0.2, -0.15) is 0 Å². The Hall–Kier alpha value is -1.85. The number of rotatable bonds is 7. The third-order valence-electron chi connectivity index (χ3n) is 3.32. The monoisotopic (exact) mass is 376 g/mol. The SMILES string of the molecule is CC(N)CCNC(=O)c1ccccc1OCc1ccc(Br)cc1. The van der Waals surface area contributed by atoms with Crippen LogP contribution >= 0.6 is 15.9 Å². The highest BCUT2D eigenvalue weighted by atomic mass is 79.9. The number of nitrogens with one attached hydrogen (secondary N) is 1. The second-order valence-electron chi connectivity index (χ2n) is 5.43. The van der Waals surface area contributed by atoms with Gasteiger partial charge in [-0.1, -0.05) is 40.2 Å². The number of amides is 1. The van der Waals surface area contributed by atoms with Crippen molar-refractivity contribution in [2.75, 3.05) is 6.54 Å². The first-order valence-corrected chi connectivity index (χ1v) is 8.35. The van der Waals surface area contributed by atoms with Crippen LogP contribution in [0.2, 0.25) is 0 Å². The Morgan fingerprint density at radius 1 is 1.22 bits per heavy atom. The lowest BCUT2D eigenvalue weighted by Crippen LogP contribution is -2.29. The van der Waals surface area contributed by atoms with Gasteiger partial charge < -0.3 is 15.8 Å². The van der Waals surface area contributed by atoms with Crippen molar-refractivity contribution in [2.45, 2.75) is 26.0 Å². The fourth-order valence-corrected chi connectivity index (χ4v) is 2.29. The van der Waals surface area contributed by atoms with E-state index in [2.05, 4.69) is 21.2 Å². The van der Waals surface area contributed by atoms with Crippen molar-refractivity contribution in [3.05, 3.63) is 64.1 Å². The van der Waals surface area contributed by atoms with E-state index in [0.29, 0.717) is 24.5 Å². The summed E-state index contributed by atoms with van der Waals surface area (Å²) in [5.74, 6) is 0.436. The van der Waals surface area contributed by atoms with Crippen LogP contribution < -0.4 is 15.8 Å². The van der Waals surface area contributed by atoms with E-state index in [9.17, 15) is 4.79 Å². The molecule has 0 heterocycles. The summed E-state index contributed by atoms with van der Waals surface area (Å²) in [6.07, 6.45) is 0.744. The molecule has 3 N–H and O–H groups in total. The van der Waals surface area contributed by atoms with Crippen molar-refractivity contribution in [1.82, 2.24) is 5.32 Å². The van der Waals surface area contributed by atoms with Crippen LogP contribution in [0, 0.1) is 0 Å². The highest BCUT2D eigenvalue weighted by Gasteiger charge is 2.12. The zero-order valence-corrected chi connectivity index (χ0v) is 14.7. The minimum atomic E-state index is -0.142. The lowest BCUT2D eigenvalue weighted by molar-refractivity contribution is 0.0948. The van der Waals surface area contributed by atoms with E-state index in [4.69, 9.17) is 10.5 Å². The summed E-state index contributed by atoms with van der Waals surface area (Å²) in [5, 5.41) is 2.87. The molecule has 2 aromatic rings. The first-order chi connectivity index (χ1) is 11.1. The minimum Gasteiger partial charge on any atom is -0.488 e. The summed E-state index contributed by atoms with van der Waals surface area (Å²) in [6.45, 7) is 2.89. The summed E-state index contributed by atoms with van der Waals surface area (Å²) in [6, 6.07) is 15.2. The van der Waals surface area contributed by atoms with Gasteiger partial charge in [-0.05, 0) is 43.2 Å². The summed E-state index contributed by atoms with van der Waals surface area (Å²) < 4.78 is 6.83. The maximum Gasteiger partial charge on any atom is 0.255 e. The van der Waals surface area contributed by atoms with Crippen LogP contribution in [0.15, 0.2) is 53.0 Å². The minimum absolute atomic E-state index is 0.0687. The Morgan fingerprint density at radius 2 is 1.91 bits per heavy atom. The molecule has 0 saturated heterocycles. The molecule has 2 rings (SSSR count). The van der Waals surface area contributed by atoms with Gasteiger partial charge in [0.2, 0.25) is 0 Å². The number of halogens is 1. The second kappa shape index (κ2) is 8.70. The van der Waals surface area contributed by atoms with Crippen LogP contribution in [0.1, 0.15) is 29.3 Å². The number of carbonyl (C=O) groups excluding carboxylic acids is 1. The molecule has 5 heteroatoms. The summed E-state index contributed by atoms with van der Waals surface area (Å²) in [4.78, 5) is 12.3. The number of benzene rings is 2. The number of nitrogens with two attached hydrogens (primary N) is 1. The maximum absolute atomic E-state index is 12.3. The van der Waals surface area contributed by atoms with Crippen LogP contribution in [-0.4, -0.2) is 18.5 Å². The molecule has 0 saturated carbocycles. The van der Waals surface area contributed by atoms with E-state index in [0.717, 1.165) is 16.5 Å². The van der Waals surface area contributed by atoms with E-state index in [1.807, 2.05) is 43.3 Å². The molecule has 2 aromatic carbocycles. The predicted octanol–water partition coefficient (Wildman–Crippen LogP) is 3.50. The average Bonchev–Trinajstić information content (AvgIpc) is 2.54. The largest absolute Gasteiger partial charge is 0.488 e. The lowest BCUT2D eigenvalue weighted by Gasteiger charge is -2.12. The Bertz CT molecular complexity index is 642. The van der Waals surface area contributed by atoms with Crippen LogP contribution in [0.5, 0.6) is 5.75 Å². The molecule has 4 nitrogen and oxygen atoms in total. The van der Waals surface area contributed by atoms with Crippen molar-refractivity contribution >= 4 is 21.8 Å². The first-order valence-electron chi connectivity index (χ1n) is 7.56. The zero-order valence-electron chi connectivity index (χ0n) is 13.1. The molecule has 0 aliphatic heterocycles. The van der Waals surface area contributed by atoms with Gasteiger partial charge in [0, 0.05) is 17.1 Å². The van der Waals surface area contributed by atoms with Gasteiger partial charge in [0.25, 0.3) is 5.91 Å². The zero-order chi connectivity index (χ0) is 16.7. The Morgan fingerprint density at radius 3 is 2.61 bits per heavy atom. The predicted molar refractivity (Wildman–Crippen MR) is 95.5 cm³/mol. The number of carbonyl (C=O) groups is 1. The molecular weight excluding hydrogens is 356 g/mol. The number of hydrogen-bond donors (Lipinski definition) is 2. The molecule has 0 aliphatic rings. The quantitative estimate of drug-likeness (QED) is 0.776. The van der Waals surface area contributed by atoms with Crippen molar-refractivity contribution < 1.29 is 9.53 Å². The van der Waals surface area contributed by atoms with Crippen LogP contribution in [0.25, 0.3) is 0 Å². The van der Waals surface area contributed by atoms with Gasteiger partial charge in [-0.25, -0.2) is 0 Å². The third kappa shape index (κ3) is 5.69. The molecule has 1 amide bonds. The number of ether oxygens (including phenoxy) is 1. The number of para-hydroxylation sites is 1. The van der Waals surface area contributed by atoms with Gasteiger partial charge in [-0.15, -0.1) is 0 Å². The Kier molecular flexibility index (Phi) is 6.62. The van der Waals surface area contributed by atoms with Gasteiger partial charge >= 0.3 is 0 Å². The summed E-state index contributed by atoms with van der Waals surface area (Å²) in [5.41, 5.74) is 7.27. The molecule has 0 aliphatic carbocycles. The lowest BCUT2D eigenvalue weighted by atomic mass is 10.1. The van der Waals surface area contributed by atoms with Crippen molar-refractivity contribution in [1.29, 1.82) is 0 Å². The van der Waals surface area contributed by atoms with Crippen molar-refractivity contribution in [3.8, 4) is 5.75 Å². The maximum atomic E-state index is 12.3. The molecule has 122 valence electrons. The smallest absolute Gasteiger partial charge is 0.255 e. The van der Waals surface area contributed by atoms with E-state index < -0.39 is 0 Å². The molecule has 0 aromatic heterocycles. The molecule has 23 heavy (non-hydrogen) atoms. The van der Waals surface area contributed by atoms with Gasteiger partial charge in [-0.3, -0.25) is 4.79 Å². The van der Waals surface area contributed by atoms with Gasteiger partial charge in [0.1, 0.15) is 12.4 Å². The van der Waals surface area contributed by atoms with Crippen LogP contribution in [-0.2, 0) is 6.61 Å². The van der Waals surface area contributed by atoms with Crippen LogP contribution in [0.4, 0.5) is 0 Å². The van der Waals surface area contributed by atoms with Gasteiger partial charge in [0.15, 0.2) is 0 Å². The van der Waals surface area contributed by atoms with E-state index in [1.165, 1.54) is 0 Å². The highest BCUT2D eigenvalue weighted by Crippen LogP contribution is 2.20. The molecular formula is C18H21BrN2O2. The molecule has 1 unspecified atom stereocenters. The second-order valence-corrected chi connectivity index (χ2v) is 6.35. The number of hydrogen-bond acceptors (Lipinski definition) is 3. The van der Waals surface area contributed by atoms with Crippen LogP contribution in [0.3, 0.4) is 0 Å². The molecule has 1 atom stereocenters. The molecule has 0 radical (unpaired) electrons. The summed E-state index contributed by atoms with van der Waals surface area (Å²) >= 11 is 3.40. The highest BCUT2D eigenvalue weighted by molar-refractivity contribution is 9.10. The standard InChI is InChI=1S/C18H21BrN2O2/c1-13(20)10-11-21-18(22)16-4-2-3-5-17(16)23-12-14-6-8-15(19)9-7-14/h2-9,13H,10-12,20H2,1H3,(H,21,22). The topological polar surface area (TPSA) is 64.3 Å². The van der Waals surface area contributed by atoms with E-state index in [1.54, 1.807) is 12.1 Å². The first kappa shape index (κ1) is 17.5. The molecule has 0 bridgehead atoms. The Labute approximate surface area is 145 Å². The third-order valence-corrected chi connectivity index (χ3v) is 3.85. The average molecular weight is 377 g/mol. The molecule has 0 spiro atoms. The van der Waals surface area contributed by atoms with E-state index >= 15 is 0 Å². The van der Waals surface area contributed by atoms with Crippen molar-refractivity contribution in [3.63, 3.8) is 0 Å². The fraction of sp³-hybridized carbons (Fsp3) is 0.278.